The van der Waals surface area contributed by atoms with Crippen molar-refractivity contribution >= 4 is 17.1 Å². The molecular weight excluding hydrogens is 475 g/mol. The molecule has 5 heteroatoms. The van der Waals surface area contributed by atoms with Gasteiger partial charge in [-0.25, -0.2) is 4.79 Å². The second-order valence-corrected chi connectivity index (χ2v) is 10.6. The summed E-state index contributed by atoms with van der Waals surface area (Å²) in [6.07, 6.45) is 4.19. The van der Waals surface area contributed by atoms with Crippen molar-refractivity contribution in [3.8, 4) is 6.07 Å². The molecule has 1 fully saturated rings. The van der Waals surface area contributed by atoms with Crippen LogP contribution in [0.4, 0.5) is 4.39 Å². The van der Waals surface area contributed by atoms with E-state index in [-0.39, 0.29) is 6.67 Å². The van der Waals surface area contributed by atoms with Crippen molar-refractivity contribution in [2.45, 2.75) is 39.0 Å². The van der Waals surface area contributed by atoms with E-state index < -0.39 is 5.97 Å². The van der Waals surface area contributed by atoms with E-state index in [0.717, 1.165) is 78.7 Å². The van der Waals surface area contributed by atoms with Gasteiger partial charge >= 0.3 is 5.97 Å². The van der Waals surface area contributed by atoms with E-state index in [4.69, 9.17) is 0 Å². The van der Waals surface area contributed by atoms with Crippen LogP contribution in [0.15, 0.2) is 60.7 Å². The minimum atomic E-state index is -0.913. The lowest BCUT2D eigenvalue weighted by Gasteiger charge is -2.39. The largest absolute Gasteiger partial charge is 0.478 e. The van der Waals surface area contributed by atoms with Gasteiger partial charge in [-0.1, -0.05) is 36.4 Å². The number of fused-ring (bicyclic) bond motifs is 1. The van der Waals surface area contributed by atoms with Gasteiger partial charge in [-0.2, -0.15) is 5.26 Å². The molecule has 5 rings (SSSR count). The van der Waals surface area contributed by atoms with E-state index in [9.17, 15) is 19.6 Å². The number of aryl methyl sites for hydroxylation is 2. The second kappa shape index (κ2) is 11.3. The Balaban J connectivity index is 1.53. The van der Waals surface area contributed by atoms with Gasteiger partial charge < -0.3 is 10.0 Å². The van der Waals surface area contributed by atoms with Gasteiger partial charge in [-0.15, -0.1) is 0 Å². The first-order valence-corrected chi connectivity index (χ1v) is 13.5. The third kappa shape index (κ3) is 5.42. The number of carbonyl (C=O) groups is 1. The molecule has 0 atom stereocenters. The monoisotopic (exact) mass is 508 g/mol. The predicted molar refractivity (Wildman–Crippen MR) is 149 cm³/mol. The number of aromatic carboxylic acids is 1. The van der Waals surface area contributed by atoms with Crippen molar-refractivity contribution in [2.24, 2.45) is 5.92 Å². The van der Waals surface area contributed by atoms with Crippen molar-refractivity contribution in [1.29, 1.82) is 5.26 Å². The Morgan fingerprint density at radius 3 is 2.55 bits per heavy atom. The number of allylic oxidation sites excluding steroid dienone is 1. The van der Waals surface area contributed by atoms with Crippen molar-refractivity contribution in [3.63, 3.8) is 0 Å². The summed E-state index contributed by atoms with van der Waals surface area (Å²) in [7, 11) is 0. The van der Waals surface area contributed by atoms with E-state index >= 15 is 0 Å². The Bertz CT molecular complexity index is 1410. The molecule has 0 amide bonds. The lowest BCUT2D eigenvalue weighted by Crippen LogP contribution is -2.47. The van der Waals surface area contributed by atoms with Gasteiger partial charge in [0.05, 0.1) is 23.9 Å². The fourth-order valence-corrected chi connectivity index (χ4v) is 5.95. The molecule has 3 aromatic carbocycles. The highest BCUT2D eigenvalue weighted by atomic mass is 19.1. The molecule has 1 saturated heterocycles. The smallest absolute Gasteiger partial charge is 0.335 e. The Morgan fingerprint density at radius 1 is 1.05 bits per heavy atom. The highest BCUT2D eigenvalue weighted by Gasteiger charge is 2.26. The molecule has 0 aromatic heterocycles. The van der Waals surface area contributed by atoms with Crippen LogP contribution in [0.2, 0.25) is 0 Å². The molecule has 2 aliphatic rings. The van der Waals surface area contributed by atoms with Gasteiger partial charge in [0.25, 0.3) is 0 Å². The van der Waals surface area contributed by atoms with Crippen molar-refractivity contribution in [3.05, 3.63) is 105 Å². The number of rotatable bonds is 8. The SMILES string of the molecule is Cc1ccc(C#N)cc1C1=C(c2ccc(CC3CN(CCCF)C3)cc2)c2ccc(C(=O)O)cc2CCC1. The van der Waals surface area contributed by atoms with Gasteiger partial charge in [-0.3, -0.25) is 4.39 Å². The first-order chi connectivity index (χ1) is 18.5. The third-order valence-electron chi connectivity index (χ3n) is 7.90. The van der Waals surface area contributed by atoms with Crippen LogP contribution in [0.3, 0.4) is 0 Å². The molecule has 1 aliphatic heterocycles. The zero-order valence-electron chi connectivity index (χ0n) is 21.8. The summed E-state index contributed by atoms with van der Waals surface area (Å²) in [6.45, 7) is 4.74. The van der Waals surface area contributed by atoms with Crippen molar-refractivity contribution in [2.75, 3.05) is 26.3 Å². The van der Waals surface area contributed by atoms with Gasteiger partial charge in [0, 0.05) is 19.6 Å². The zero-order valence-corrected chi connectivity index (χ0v) is 21.8. The predicted octanol–water partition coefficient (Wildman–Crippen LogP) is 6.69. The first-order valence-electron chi connectivity index (χ1n) is 13.5. The molecule has 194 valence electrons. The summed E-state index contributed by atoms with van der Waals surface area (Å²) < 4.78 is 12.4. The average Bonchev–Trinajstić information content (AvgIpc) is 3.09. The molecule has 1 heterocycles. The topological polar surface area (TPSA) is 64.3 Å². The van der Waals surface area contributed by atoms with Crippen LogP contribution in [0.25, 0.3) is 11.1 Å². The maximum absolute atomic E-state index is 12.4. The summed E-state index contributed by atoms with van der Waals surface area (Å²) in [5, 5.41) is 19.2. The van der Waals surface area contributed by atoms with Crippen LogP contribution in [-0.2, 0) is 12.8 Å². The molecule has 1 aliphatic carbocycles. The molecule has 0 bridgehead atoms. The van der Waals surface area contributed by atoms with Crippen molar-refractivity contribution in [1.82, 2.24) is 4.90 Å². The molecule has 1 N–H and O–H groups in total. The lowest BCUT2D eigenvalue weighted by atomic mass is 9.85. The maximum Gasteiger partial charge on any atom is 0.335 e. The Hall–Kier alpha value is -3.75. The summed E-state index contributed by atoms with van der Waals surface area (Å²) >= 11 is 0. The van der Waals surface area contributed by atoms with E-state index in [1.54, 1.807) is 6.07 Å². The Kier molecular flexibility index (Phi) is 7.72. The highest BCUT2D eigenvalue weighted by molar-refractivity contribution is 6.01. The fraction of sp³-hybridized carbons (Fsp3) is 0.333. The standard InChI is InChI=1S/C33H33FN2O2/c1-22-6-7-24(19-35)17-31(22)30-5-2-4-27-18-28(33(37)38)12-13-29(27)32(30)26-10-8-23(9-11-26)16-25-20-36(21-25)15-3-14-34/h6-13,17-18,25H,2-5,14-16,20-21H2,1H3,(H,37,38). The van der Waals surface area contributed by atoms with E-state index in [0.29, 0.717) is 23.5 Å². The number of hydrogen-bond donors (Lipinski definition) is 1. The molecule has 38 heavy (non-hydrogen) atoms. The minimum Gasteiger partial charge on any atom is -0.478 e. The number of hydrogen-bond acceptors (Lipinski definition) is 3. The Labute approximate surface area is 224 Å². The zero-order chi connectivity index (χ0) is 26.6. The van der Waals surface area contributed by atoms with Crippen LogP contribution < -0.4 is 0 Å². The maximum atomic E-state index is 12.4. The second-order valence-electron chi connectivity index (χ2n) is 10.6. The van der Waals surface area contributed by atoms with E-state index in [2.05, 4.69) is 42.2 Å². The van der Waals surface area contributed by atoms with Gasteiger partial charge in [-0.05, 0) is 114 Å². The third-order valence-corrected chi connectivity index (χ3v) is 7.90. The van der Waals surface area contributed by atoms with Crippen LogP contribution in [0, 0.1) is 24.2 Å². The molecule has 4 nitrogen and oxygen atoms in total. The van der Waals surface area contributed by atoms with Crippen LogP contribution >= 0.6 is 0 Å². The normalized spacial score (nSPS) is 15.9. The minimum absolute atomic E-state index is 0.248. The summed E-state index contributed by atoms with van der Waals surface area (Å²) in [6, 6.07) is 22.4. The molecular formula is C33H33FN2O2. The number of nitrogens with zero attached hydrogens (tertiary/aromatic N) is 2. The van der Waals surface area contributed by atoms with E-state index in [1.807, 2.05) is 30.3 Å². The Morgan fingerprint density at radius 2 is 1.84 bits per heavy atom. The quantitative estimate of drug-likeness (QED) is 0.368. The summed E-state index contributed by atoms with van der Waals surface area (Å²) in [4.78, 5) is 14.0. The molecule has 3 aromatic rings. The molecule has 0 radical (unpaired) electrons. The van der Waals surface area contributed by atoms with Gasteiger partial charge in [0.2, 0.25) is 0 Å². The average molecular weight is 509 g/mol. The number of alkyl halides is 1. The first kappa shape index (κ1) is 25.9. The molecule has 0 saturated carbocycles. The summed E-state index contributed by atoms with van der Waals surface area (Å²) in [5.74, 6) is -0.302. The van der Waals surface area contributed by atoms with Crippen LogP contribution in [0.1, 0.15) is 68.6 Å². The number of benzene rings is 3. The molecule has 0 unspecified atom stereocenters. The van der Waals surface area contributed by atoms with Crippen LogP contribution in [0.5, 0.6) is 0 Å². The number of likely N-dealkylation sites (tertiary alicyclic amines) is 1. The van der Waals surface area contributed by atoms with Gasteiger partial charge in [0.1, 0.15) is 0 Å². The molecule has 0 spiro atoms. The van der Waals surface area contributed by atoms with Gasteiger partial charge in [0.15, 0.2) is 0 Å². The fourth-order valence-electron chi connectivity index (χ4n) is 5.95. The number of nitriles is 1. The lowest BCUT2D eigenvalue weighted by molar-refractivity contribution is 0.0696. The number of halogens is 1. The highest BCUT2D eigenvalue weighted by Crippen LogP contribution is 2.41. The number of carboxylic acid groups (broad SMARTS) is 1. The van der Waals surface area contributed by atoms with Crippen molar-refractivity contribution < 1.29 is 14.3 Å². The van der Waals surface area contributed by atoms with E-state index in [1.165, 1.54) is 11.1 Å². The number of carboxylic acids is 1. The summed E-state index contributed by atoms with van der Waals surface area (Å²) in [5.41, 5.74) is 10.0. The van der Waals surface area contributed by atoms with Crippen LogP contribution in [-0.4, -0.2) is 42.3 Å².